The summed E-state index contributed by atoms with van der Waals surface area (Å²) in [7, 11) is -0.865. The fraction of sp³-hybridized carbons (Fsp3) is 0.941. The van der Waals surface area contributed by atoms with Crippen LogP contribution in [-0.4, -0.2) is 51.5 Å². The van der Waals surface area contributed by atoms with Crippen molar-refractivity contribution in [1.82, 2.24) is 10.6 Å². The fourth-order valence-electron chi connectivity index (χ4n) is 2.74. The van der Waals surface area contributed by atoms with E-state index < -0.39 is 10.8 Å². The van der Waals surface area contributed by atoms with Gasteiger partial charge in [0.05, 0.1) is 12.6 Å². The number of hydrogen-bond donors (Lipinski definition) is 3. The number of guanidine groups is 1. The molecule has 0 aromatic heterocycles. The lowest BCUT2D eigenvalue weighted by Gasteiger charge is -2.37. The molecule has 1 aliphatic carbocycles. The van der Waals surface area contributed by atoms with Gasteiger partial charge in [-0.1, -0.05) is 19.8 Å². The van der Waals surface area contributed by atoms with Crippen LogP contribution >= 0.6 is 0 Å². The van der Waals surface area contributed by atoms with Gasteiger partial charge in [-0.15, -0.1) is 0 Å². The number of aliphatic hydroxyl groups is 1. The Bertz CT molecular complexity index is 421. The summed E-state index contributed by atoms with van der Waals surface area (Å²) >= 11 is 0. The van der Waals surface area contributed by atoms with Crippen LogP contribution in [0.15, 0.2) is 4.99 Å². The van der Waals surface area contributed by atoms with E-state index in [0.29, 0.717) is 18.8 Å². The largest absolute Gasteiger partial charge is 0.392 e. The van der Waals surface area contributed by atoms with Gasteiger partial charge in [0.1, 0.15) is 0 Å². The topological polar surface area (TPSA) is 73.7 Å². The van der Waals surface area contributed by atoms with Gasteiger partial charge >= 0.3 is 0 Å². The van der Waals surface area contributed by atoms with Gasteiger partial charge in [0.2, 0.25) is 0 Å². The highest BCUT2D eigenvalue weighted by atomic mass is 32.2. The molecule has 0 aromatic rings. The normalized spacial score (nSPS) is 27.6. The van der Waals surface area contributed by atoms with Crippen molar-refractivity contribution in [3.8, 4) is 0 Å². The number of rotatable bonds is 6. The highest BCUT2D eigenvalue weighted by molar-refractivity contribution is 7.86. The van der Waals surface area contributed by atoms with E-state index in [9.17, 15) is 9.32 Å². The van der Waals surface area contributed by atoms with Crippen LogP contribution in [0.2, 0.25) is 0 Å². The predicted molar refractivity (Wildman–Crippen MR) is 99.3 cm³/mol. The lowest BCUT2D eigenvalue weighted by Crippen LogP contribution is -2.43. The average Bonchev–Trinajstić information content (AvgIpc) is 2.47. The summed E-state index contributed by atoms with van der Waals surface area (Å²) in [4.78, 5) is 4.65. The summed E-state index contributed by atoms with van der Waals surface area (Å²) in [6, 6.07) is 0. The molecule has 0 aromatic carbocycles. The number of nitrogens with zero attached hydrogens (tertiary/aromatic N) is 1. The number of hydrogen-bond acceptors (Lipinski definition) is 3. The van der Waals surface area contributed by atoms with E-state index in [1.54, 1.807) is 0 Å². The maximum atomic E-state index is 12.1. The van der Waals surface area contributed by atoms with Crippen LogP contribution in [0.25, 0.3) is 0 Å². The Morgan fingerprint density at radius 3 is 2.61 bits per heavy atom. The van der Waals surface area contributed by atoms with Gasteiger partial charge in [-0.25, -0.2) is 0 Å². The van der Waals surface area contributed by atoms with E-state index in [1.807, 2.05) is 27.7 Å². The lowest BCUT2D eigenvalue weighted by molar-refractivity contribution is 0.00716. The van der Waals surface area contributed by atoms with Crippen molar-refractivity contribution in [1.29, 1.82) is 0 Å². The molecule has 1 fully saturated rings. The Kier molecular flexibility index (Phi) is 8.01. The molecule has 0 aliphatic heterocycles. The number of aliphatic hydroxyl groups excluding tert-OH is 1. The monoisotopic (exact) mass is 345 g/mol. The zero-order chi connectivity index (χ0) is 17.5. The summed E-state index contributed by atoms with van der Waals surface area (Å²) in [6.45, 7) is 12.2. The van der Waals surface area contributed by atoms with Crippen molar-refractivity contribution in [3.63, 3.8) is 0 Å². The maximum Gasteiger partial charge on any atom is 0.191 e. The first kappa shape index (κ1) is 20.4. The molecule has 1 aliphatic rings. The van der Waals surface area contributed by atoms with Crippen molar-refractivity contribution in [2.45, 2.75) is 71.2 Å². The Labute approximate surface area is 144 Å². The minimum atomic E-state index is -0.865. The lowest BCUT2D eigenvalue weighted by atomic mass is 9.73. The average molecular weight is 346 g/mol. The number of nitrogens with one attached hydrogen (secondary N) is 2. The van der Waals surface area contributed by atoms with E-state index in [1.165, 1.54) is 0 Å². The van der Waals surface area contributed by atoms with Gasteiger partial charge in [-0.05, 0) is 40.5 Å². The predicted octanol–water partition coefficient (Wildman–Crippen LogP) is 2.03. The van der Waals surface area contributed by atoms with Gasteiger partial charge < -0.3 is 15.7 Å². The molecule has 0 spiro atoms. The van der Waals surface area contributed by atoms with Crippen molar-refractivity contribution >= 4 is 16.8 Å². The highest BCUT2D eigenvalue weighted by Gasteiger charge is 2.35. The first-order valence-corrected chi connectivity index (χ1v) is 10.1. The summed E-state index contributed by atoms with van der Waals surface area (Å²) in [5.41, 5.74) is -0.130. The Balaban J connectivity index is 2.54. The van der Waals surface area contributed by atoms with Crippen LogP contribution in [0, 0.1) is 5.41 Å². The molecule has 6 heteroatoms. The highest BCUT2D eigenvalue weighted by Crippen LogP contribution is 2.36. The van der Waals surface area contributed by atoms with Gasteiger partial charge in [-0.2, -0.15) is 0 Å². The van der Waals surface area contributed by atoms with Crippen molar-refractivity contribution in [2.75, 3.05) is 25.4 Å². The molecule has 1 rings (SSSR count). The third-order valence-electron chi connectivity index (χ3n) is 4.49. The minimum absolute atomic E-state index is 0.130. The van der Waals surface area contributed by atoms with Crippen LogP contribution in [0.4, 0.5) is 0 Å². The smallest absolute Gasteiger partial charge is 0.191 e. The summed E-state index contributed by atoms with van der Waals surface area (Å²) in [5, 5.41) is 16.7. The van der Waals surface area contributed by atoms with Crippen LogP contribution in [-0.2, 0) is 10.8 Å². The first-order chi connectivity index (χ1) is 10.7. The number of aliphatic imine (C=N–C) groups is 1. The zero-order valence-electron chi connectivity index (χ0n) is 15.4. The van der Waals surface area contributed by atoms with Gasteiger partial charge in [0.25, 0.3) is 0 Å². The van der Waals surface area contributed by atoms with Crippen molar-refractivity contribution in [2.24, 2.45) is 10.4 Å². The Hall–Kier alpha value is -0.620. The molecular weight excluding hydrogens is 310 g/mol. The van der Waals surface area contributed by atoms with Crippen LogP contribution < -0.4 is 10.6 Å². The molecule has 136 valence electrons. The van der Waals surface area contributed by atoms with Crippen LogP contribution in [0.1, 0.15) is 60.3 Å². The molecule has 0 heterocycles. The second-order valence-electron chi connectivity index (χ2n) is 7.70. The molecule has 3 N–H and O–H groups in total. The molecule has 0 bridgehead atoms. The van der Waals surface area contributed by atoms with Gasteiger partial charge in [0.15, 0.2) is 5.96 Å². The van der Waals surface area contributed by atoms with Crippen LogP contribution in [0.3, 0.4) is 0 Å². The molecule has 23 heavy (non-hydrogen) atoms. The quantitative estimate of drug-likeness (QED) is 0.509. The first-order valence-electron chi connectivity index (χ1n) is 8.78. The van der Waals surface area contributed by atoms with Crippen molar-refractivity contribution in [3.05, 3.63) is 0 Å². The molecule has 1 saturated carbocycles. The van der Waals surface area contributed by atoms with E-state index >= 15 is 0 Å². The maximum absolute atomic E-state index is 12.1. The minimum Gasteiger partial charge on any atom is -0.392 e. The standard InChI is InChI=1S/C17H35N3O2S/c1-6-18-15(19-11-12-23(22)16(2,3)4)20-13-17(5)10-8-7-9-14(17)21/h14,21H,6-13H2,1-5H3,(H2,18,19,20). The van der Waals surface area contributed by atoms with E-state index in [2.05, 4.69) is 22.5 Å². The summed E-state index contributed by atoms with van der Waals surface area (Å²) in [6.07, 6.45) is 3.90. The molecule has 3 atom stereocenters. The molecule has 0 amide bonds. The molecule has 0 radical (unpaired) electrons. The zero-order valence-corrected chi connectivity index (χ0v) is 16.3. The summed E-state index contributed by atoms with van der Waals surface area (Å²) in [5.74, 6) is 1.35. The van der Waals surface area contributed by atoms with E-state index in [4.69, 9.17) is 0 Å². The van der Waals surface area contributed by atoms with Gasteiger partial charge in [-0.3, -0.25) is 9.20 Å². The third kappa shape index (κ3) is 6.79. The Morgan fingerprint density at radius 2 is 2.04 bits per heavy atom. The second kappa shape index (κ2) is 9.02. The van der Waals surface area contributed by atoms with Crippen LogP contribution in [0.5, 0.6) is 0 Å². The molecular formula is C17H35N3O2S. The van der Waals surface area contributed by atoms with E-state index in [0.717, 1.165) is 38.2 Å². The van der Waals surface area contributed by atoms with E-state index in [-0.39, 0.29) is 16.3 Å². The Morgan fingerprint density at radius 1 is 1.35 bits per heavy atom. The second-order valence-corrected chi connectivity index (χ2v) is 10.0. The molecule has 3 unspecified atom stereocenters. The molecule has 0 saturated heterocycles. The van der Waals surface area contributed by atoms with Crippen molar-refractivity contribution < 1.29 is 9.32 Å². The molecule has 5 nitrogen and oxygen atoms in total. The summed E-state index contributed by atoms with van der Waals surface area (Å²) < 4.78 is 11.9. The fourth-order valence-corrected chi connectivity index (χ4v) is 3.64. The SMILES string of the molecule is CCNC(=NCC1(C)CCCCC1O)NCCS(=O)C(C)(C)C. The third-order valence-corrected chi connectivity index (χ3v) is 6.43. The van der Waals surface area contributed by atoms with Gasteiger partial charge in [0, 0.05) is 39.8 Å².